The van der Waals surface area contributed by atoms with Crippen LogP contribution in [0, 0.1) is 0 Å². The molecule has 0 N–H and O–H groups in total. The number of ether oxygens (including phenoxy) is 1. The molecule has 33 heavy (non-hydrogen) atoms. The number of hydrogen-bond acceptors (Lipinski definition) is 3. The van der Waals surface area contributed by atoms with Gasteiger partial charge in [0, 0.05) is 23.4 Å². The van der Waals surface area contributed by atoms with Crippen molar-refractivity contribution in [3.05, 3.63) is 101 Å². The molecule has 1 aliphatic heterocycles. The normalized spacial score (nSPS) is 15.5. The molecule has 0 aromatic heterocycles. The van der Waals surface area contributed by atoms with Crippen LogP contribution in [0.5, 0.6) is 5.75 Å². The zero-order chi connectivity index (χ0) is 22.9. The number of unbranched alkanes of at least 4 members (excludes halogenated alkanes) is 3. The number of benzene rings is 3. The molecule has 172 valence electrons. The van der Waals surface area contributed by atoms with Crippen LogP contribution < -0.4 is 4.74 Å². The first-order valence-electron chi connectivity index (χ1n) is 12.0. The van der Waals surface area contributed by atoms with Crippen LogP contribution in [0.1, 0.15) is 65.0 Å². The van der Waals surface area contributed by atoms with Gasteiger partial charge in [0.2, 0.25) is 0 Å². The summed E-state index contributed by atoms with van der Waals surface area (Å²) < 4.78 is 6.19. The number of para-hydroxylation sites is 1. The van der Waals surface area contributed by atoms with Crippen molar-refractivity contribution in [3.63, 3.8) is 0 Å². The zero-order valence-electron chi connectivity index (χ0n) is 19.4. The van der Waals surface area contributed by atoms with E-state index in [0.29, 0.717) is 6.61 Å². The molecule has 1 unspecified atom stereocenters. The molecule has 1 atom stereocenters. The summed E-state index contributed by atoms with van der Waals surface area (Å²) in [5.74, 6) is 1.88. The van der Waals surface area contributed by atoms with Gasteiger partial charge in [-0.15, -0.1) is 11.8 Å². The molecule has 0 spiro atoms. The van der Waals surface area contributed by atoms with E-state index in [1.54, 1.807) is 11.8 Å². The van der Waals surface area contributed by atoms with Crippen LogP contribution >= 0.6 is 11.8 Å². The van der Waals surface area contributed by atoms with Gasteiger partial charge in [-0.1, -0.05) is 86.8 Å². The lowest BCUT2D eigenvalue weighted by Crippen LogP contribution is -2.30. The van der Waals surface area contributed by atoms with Gasteiger partial charge in [-0.05, 0) is 42.2 Å². The highest BCUT2D eigenvalue weighted by Gasteiger charge is 2.33. The summed E-state index contributed by atoms with van der Waals surface area (Å²) in [4.78, 5) is 15.4. The first kappa shape index (κ1) is 23.4. The molecule has 3 aromatic rings. The second-order valence-corrected chi connectivity index (χ2v) is 9.73. The lowest BCUT2D eigenvalue weighted by molar-refractivity contribution is 0.0759. The van der Waals surface area contributed by atoms with Crippen molar-refractivity contribution < 1.29 is 9.53 Å². The topological polar surface area (TPSA) is 29.5 Å². The maximum Gasteiger partial charge on any atom is 0.255 e. The number of carbonyl (C=O) groups excluding carboxylic acids is 1. The van der Waals surface area contributed by atoms with Crippen molar-refractivity contribution in [2.45, 2.75) is 51.0 Å². The van der Waals surface area contributed by atoms with Crippen molar-refractivity contribution in [2.24, 2.45) is 0 Å². The van der Waals surface area contributed by atoms with E-state index in [4.69, 9.17) is 4.74 Å². The summed E-state index contributed by atoms with van der Waals surface area (Å²) in [6.07, 6.45) is 6.12. The van der Waals surface area contributed by atoms with Gasteiger partial charge in [0.1, 0.15) is 17.7 Å². The van der Waals surface area contributed by atoms with Crippen LogP contribution in [0.15, 0.2) is 78.9 Å². The van der Waals surface area contributed by atoms with Crippen molar-refractivity contribution in [1.29, 1.82) is 0 Å². The molecule has 3 aromatic carbocycles. The predicted molar refractivity (Wildman–Crippen MR) is 138 cm³/mol. The molecule has 0 bridgehead atoms. The minimum Gasteiger partial charge on any atom is -0.489 e. The summed E-state index contributed by atoms with van der Waals surface area (Å²) >= 11 is 1.81. The molecule has 1 aliphatic rings. The Bertz CT molecular complexity index is 1020. The van der Waals surface area contributed by atoms with Gasteiger partial charge in [-0.2, -0.15) is 0 Å². The van der Waals surface area contributed by atoms with Gasteiger partial charge in [-0.25, -0.2) is 0 Å². The molecule has 1 saturated heterocycles. The summed E-state index contributed by atoms with van der Waals surface area (Å²) in [6.45, 7) is 3.50. The minimum absolute atomic E-state index is 0.0295. The average molecular weight is 460 g/mol. The average Bonchev–Trinajstić information content (AvgIpc) is 3.36. The first-order valence-corrected chi connectivity index (χ1v) is 13.1. The fourth-order valence-electron chi connectivity index (χ4n) is 4.22. The third kappa shape index (κ3) is 6.20. The Morgan fingerprint density at radius 1 is 0.909 bits per heavy atom. The Morgan fingerprint density at radius 3 is 2.45 bits per heavy atom. The fraction of sp³-hybridized carbons (Fsp3) is 0.345. The highest BCUT2D eigenvalue weighted by atomic mass is 32.2. The van der Waals surface area contributed by atoms with Gasteiger partial charge >= 0.3 is 0 Å². The van der Waals surface area contributed by atoms with Crippen LogP contribution in [0.25, 0.3) is 0 Å². The fourth-order valence-corrected chi connectivity index (χ4v) is 5.50. The summed E-state index contributed by atoms with van der Waals surface area (Å²) in [5, 5.41) is -0.0295. The van der Waals surface area contributed by atoms with Crippen molar-refractivity contribution in [2.75, 3.05) is 12.3 Å². The Labute approximate surface area is 202 Å². The standard InChI is InChI=1S/C29H33NO2S/c1-2-3-4-6-11-23-16-18-25(19-17-23)28(31)30-20-21-33-29(30)26-14-9-10-15-27(26)32-22-24-12-7-5-8-13-24/h5,7-10,12-19,29H,2-4,6,11,20-22H2,1H3. The van der Waals surface area contributed by atoms with Gasteiger partial charge in [0.25, 0.3) is 5.91 Å². The zero-order valence-corrected chi connectivity index (χ0v) is 20.2. The quantitative estimate of drug-likeness (QED) is 0.298. The Hall–Kier alpha value is -2.72. The maximum absolute atomic E-state index is 13.4. The number of rotatable bonds is 10. The summed E-state index contributed by atoms with van der Waals surface area (Å²) in [5.41, 5.74) is 4.28. The van der Waals surface area contributed by atoms with Crippen LogP contribution in [-0.2, 0) is 13.0 Å². The van der Waals surface area contributed by atoms with E-state index in [1.807, 2.05) is 53.4 Å². The number of aryl methyl sites for hydroxylation is 1. The Balaban J connectivity index is 1.44. The van der Waals surface area contributed by atoms with Crippen LogP contribution in [-0.4, -0.2) is 23.1 Å². The molecule has 3 nitrogen and oxygen atoms in total. The predicted octanol–water partition coefficient (Wildman–Crippen LogP) is 7.28. The second-order valence-electron chi connectivity index (χ2n) is 8.54. The van der Waals surface area contributed by atoms with Gasteiger partial charge in [-0.3, -0.25) is 4.79 Å². The Kier molecular flexibility index (Phi) is 8.48. The molecular formula is C29H33NO2S. The highest BCUT2D eigenvalue weighted by Crippen LogP contribution is 2.42. The van der Waals surface area contributed by atoms with Gasteiger partial charge in [0.15, 0.2) is 0 Å². The maximum atomic E-state index is 13.4. The Morgan fingerprint density at radius 2 is 1.67 bits per heavy atom. The van der Waals surface area contributed by atoms with Gasteiger partial charge in [0.05, 0.1) is 0 Å². The van der Waals surface area contributed by atoms with Crippen LogP contribution in [0.2, 0.25) is 0 Å². The van der Waals surface area contributed by atoms with Crippen LogP contribution in [0.4, 0.5) is 0 Å². The molecule has 1 fully saturated rings. The van der Waals surface area contributed by atoms with Crippen molar-refractivity contribution >= 4 is 17.7 Å². The minimum atomic E-state index is -0.0295. The van der Waals surface area contributed by atoms with E-state index in [0.717, 1.165) is 41.2 Å². The number of hydrogen-bond donors (Lipinski definition) is 0. The van der Waals surface area contributed by atoms with E-state index in [9.17, 15) is 4.79 Å². The lowest BCUT2D eigenvalue weighted by atomic mass is 10.0. The summed E-state index contributed by atoms with van der Waals surface area (Å²) in [7, 11) is 0. The number of amides is 1. The molecule has 0 aliphatic carbocycles. The third-order valence-electron chi connectivity index (χ3n) is 6.09. The van der Waals surface area contributed by atoms with Gasteiger partial charge < -0.3 is 9.64 Å². The van der Waals surface area contributed by atoms with Crippen LogP contribution in [0.3, 0.4) is 0 Å². The molecule has 0 saturated carbocycles. The highest BCUT2D eigenvalue weighted by molar-refractivity contribution is 7.99. The smallest absolute Gasteiger partial charge is 0.255 e. The molecule has 4 rings (SSSR count). The lowest BCUT2D eigenvalue weighted by Gasteiger charge is -2.26. The SMILES string of the molecule is CCCCCCc1ccc(C(=O)N2CCSC2c2ccccc2OCc2ccccc2)cc1. The first-order chi connectivity index (χ1) is 16.3. The number of carbonyl (C=O) groups is 1. The van der Waals surface area contributed by atoms with Crippen molar-refractivity contribution in [3.8, 4) is 5.75 Å². The number of nitrogens with zero attached hydrogens (tertiary/aromatic N) is 1. The van der Waals surface area contributed by atoms with E-state index >= 15 is 0 Å². The number of thioether (sulfide) groups is 1. The monoisotopic (exact) mass is 459 g/mol. The van der Waals surface area contributed by atoms with E-state index < -0.39 is 0 Å². The van der Waals surface area contributed by atoms with E-state index in [1.165, 1.54) is 31.2 Å². The molecule has 0 radical (unpaired) electrons. The third-order valence-corrected chi connectivity index (χ3v) is 7.34. The molecular weight excluding hydrogens is 426 g/mol. The second kappa shape index (κ2) is 11.9. The van der Waals surface area contributed by atoms with E-state index in [-0.39, 0.29) is 11.3 Å². The largest absolute Gasteiger partial charge is 0.489 e. The summed E-state index contributed by atoms with van der Waals surface area (Å²) in [6, 6.07) is 26.5. The molecule has 1 heterocycles. The van der Waals surface area contributed by atoms with Crippen molar-refractivity contribution in [1.82, 2.24) is 4.90 Å². The van der Waals surface area contributed by atoms with E-state index in [2.05, 4.69) is 37.3 Å². The molecule has 4 heteroatoms. The molecule has 1 amide bonds.